The highest BCUT2D eigenvalue weighted by molar-refractivity contribution is 5.95. The third-order valence-electron chi connectivity index (χ3n) is 2.50. The standard InChI is InChI=1S/C13H12N2O/c1-9-4-5-10(7-12(9)13(14)16)11-3-2-6-15-8-11/h2-8H,1H3,(H2,14,16). The highest BCUT2D eigenvalue weighted by Crippen LogP contribution is 2.21. The fourth-order valence-electron chi connectivity index (χ4n) is 1.60. The van der Waals surface area contributed by atoms with Crippen molar-refractivity contribution in [2.75, 3.05) is 0 Å². The van der Waals surface area contributed by atoms with Gasteiger partial charge in [-0.1, -0.05) is 18.2 Å². The Morgan fingerprint density at radius 2 is 2.06 bits per heavy atom. The molecule has 0 saturated carbocycles. The summed E-state index contributed by atoms with van der Waals surface area (Å²) in [6.45, 7) is 1.87. The van der Waals surface area contributed by atoms with Crippen molar-refractivity contribution in [2.24, 2.45) is 5.73 Å². The van der Waals surface area contributed by atoms with E-state index in [4.69, 9.17) is 5.73 Å². The van der Waals surface area contributed by atoms with E-state index < -0.39 is 5.91 Å². The molecule has 1 heterocycles. The number of hydrogen-bond acceptors (Lipinski definition) is 2. The van der Waals surface area contributed by atoms with Gasteiger partial charge in [-0.2, -0.15) is 0 Å². The van der Waals surface area contributed by atoms with Gasteiger partial charge >= 0.3 is 0 Å². The van der Waals surface area contributed by atoms with E-state index in [-0.39, 0.29) is 0 Å². The average molecular weight is 212 g/mol. The summed E-state index contributed by atoms with van der Waals surface area (Å²) in [5.41, 5.74) is 8.68. The molecule has 2 rings (SSSR count). The Morgan fingerprint density at radius 3 is 2.69 bits per heavy atom. The van der Waals surface area contributed by atoms with E-state index in [1.54, 1.807) is 18.5 Å². The SMILES string of the molecule is Cc1ccc(-c2cccnc2)cc1C(N)=O. The van der Waals surface area contributed by atoms with Gasteiger partial charge in [0, 0.05) is 23.5 Å². The predicted octanol–water partition coefficient (Wildman–Crippen LogP) is 2.16. The van der Waals surface area contributed by atoms with Crippen molar-refractivity contribution in [3.63, 3.8) is 0 Å². The molecule has 0 bridgehead atoms. The number of aromatic nitrogens is 1. The van der Waals surface area contributed by atoms with Crippen LogP contribution in [0, 0.1) is 6.92 Å². The first-order valence-corrected chi connectivity index (χ1v) is 4.99. The molecule has 1 aromatic heterocycles. The molecule has 2 aromatic rings. The Kier molecular flexibility index (Phi) is 2.68. The second-order valence-electron chi connectivity index (χ2n) is 3.64. The normalized spacial score (nSPS) is 10.1. The Labute approximate surface area is 93.9 Å². The van der Waals surface area contributed by atoms with Gasteiger partial charge in [0.2, 0.25) is 5.91 Å². The topological polar surface area (TPSA) is 56.0 Å². The summed E-state index contributed by atoms with van der Waals surface area (Å²) in [7, 11) is 0. The van der Waals surface area contributed by atoms with Crippen LogP contribution in [0.5, 0.6) is 0 Å². The second-order valence-corrected chi connectivity index (χ2v) is 3.64. The van der Waals surface area contributed by atoms with Crippen LogP contribution in [0.2, 0.25) is 0 Å². The molecule has 0 aliphatic carbocycles. The van der Waals surface area contributed by atoms with Crippen LogP contribution in [0.3, 0.4) is 0 Å². The Hall–Kier alpha value is -2.16. The zero-order chi connectivity index (χ0) is 11.5. The number of carbonyl (C=O) groups excluding carboxylic acids is 1. The Bertz CT molecular complexity index is 521. The molecule has 3 nitrogen and oxygen atoms in total. The van der Waals surface area contributed by atoms with Gasteiger partial charge in [0.1, 0.15) is 0 Å². The van der Waals surface area contributed by atoms with Gasteiger partial charge in [0.05, 0.1) is 0 Å². The summed E-state index contributed by atoms with van der Waals surface area (Å²) in [4.78, 5) is 15.3. The third kappa shape index (κ3) is 1.93. The van der Waals surface area contributed by atoms with Crippen LogP contribution < -0.4 is 5.73 Å². The maximum absolute atomic E-state index is 11.2. The number of primary amides is 1. The second kappa shape index (κ2) is 4.14. The molecule has 0 atom stereocenters. The molecule has 80 valence electrons. The monoisotopic (exact) mass is 212 g/mol. The number of pyridine rings is 1. The summed E-state index contributed by atoms with van der Waals surface area (Å²) in [5.74, 6) is -0.400. The molecule has 0 aliphatic rings. The van der Waals surface area contributed by atoms with Crippen LogP contribution in [0.1, 0.15) is 15.9 Å². The zero-order valence-electron chi connectivity index (χ0n) is 8.97. The Balaban J connectivity index is 2.52. The molecule has 2 N–H and O–H groups in total. The maximum atomic E-state index is 11.2. The molecule has 0 saturated heterocycles. The van der Waals surface area contributed by atoms with Crippen molar-refractivity contribution in [1.82, 2.24) is 4.98 Å². The van der Waals surface area contributed by atoms with Gasteiger partial charge in [-0.05, 0) is 30.2 Å². The minimum absolute atomic E-state index is 0.400. The van der Waals surface area contributed by atoms with Crippen molar-refractivity contribution in [3.8, 4) is 11.1 Å². The van der Waals surface area contributed by atoms with Crippen LogP contribution in [0.4, 0.5) is 0 Å². The van der Waals surface area contributed by atoms with Crippen LogP contribution in [0.15, 0.2) is 42.7 Å². The van der Waals surface area contributed by atoms with Crippen LogP contribution >= 0.6 is 0 Å². The smallest absolute Gasteiger partial charge is 0.248 e. The van der Waals surface area contributed by atoms with E-state index in [2.05, 4.69) is 4.98 Å². The van der Waals surface area contributed by atoms with E-state index in [0.717, 1.165) is 16.7 Å². The van der Waals surface area contributed by atoms with Gasteiger partial charge < -0.3 is 5.73 Å². The summed E-state index contributed by atoms with van der Waals surface area (Å²) < 4.78 is 0. The molecular formula is C13H12N2O. The van der Waals surface area contributed by atoms with Gasteiger partial charge in [-0.3, -0.25) is 9.78 Å². The molecule has 1 aromatic carbocycles. The van der Waals surface area contributed by atoms with E-state index in [1.165, 1.54) is 0 Å². The molecule has 1 amide bonds. The summed E-state index contributed by atoms with van der Waals surface area (Å²) in [5, 5.41) is 0. The van der Waals surface area contributed by atoms with Crippen LogP contribution in [-0.2, 0) is 0 Å². The van der Waals surface area contributed by atoms with Crippen molar-refractivity contribution < 1.29 is 4.79 Å². The lowest BCUT2D eigenvalue weighted by Gasteiger charge is -2.05. The number of nitrogens with zero attached hydrogens (tertiary/aromatic N) is 1. The highest BCUT2D eigenvalue weighted by Gasteiger charge is 2.06. The van der Waals surface area contributed by atoms with Gasteiger partial charge in [-0.25, -0.2) is 0 Å². The van der Waals surface area contributed by atoms with Crippen molar-refractivity contribution in [3.05, 3.63) is 53.9 Å². The fraction of sp³-hybridized carbons (Fsp3) is 0.0769. The first kappa shape index (κ1) is 10.4. The summed E-state index contributed by atoms with van der Waals surface area (Å²) in [6, 6.07) is 9.46. The number of rotatable bonds is 2. The van der Waals surface area contributed by atoms with E-state index in [9.17, 15) is 4.79 Å². The van der Waals surface area contributed by atoms with Crippen molar-refractivity contribution in [1.29, 1.82) is 0 Å². The quantitative estimate of drug-likeness (QED) is 0.829. The van der Waals surface area contributed by atoms with Gasteiger partial charge in [0.15, 0.2) is 0 Å². The van der Waals surface area contributed by atoms with Crippen LogP contribution in [-0.4, -0.2) is 10.9 Å². The average Bonchev–Trinajstić information content (AvgIpc) is 2.30. The number of benzene rings is 1. The maximum Gasteiger partial charge on any atom is 0.248 e. The minimum Gasteiger partial charge on any atom is -0.366 e. The zero-order valence-corrected chi connectivity index (χ0v) is 8.97. The molecule has 0 unspecified atom stereocenters. The first-order chi connectivity index (χ1) is 7.68. The lowest BCUT2D eigenvalue weighted by molar-refractivity contribution is 0.1000. The molecule has 0 fully saturated rings. The number of aryl methyl sites for hydroxylation is 1. The first-order valence-electron chi connectivity index (χ1n) is 4.99. The van der Waals surface area contributed by atoms with E-state index in [1.807, 2.05) is 31.2 Å². The third-order valence-corrected chi connectivity index (χ3v) is 2.50. The summed E-state index contributed by atoms with van der Waals surface area (Å²) in [6.07, 6.45) is 3.47. The largest absolute Gasteiger partial charge is 0.366 e. The predicted molar refractivity (Wildman–Crippen MR) is 62.9 cm³/mol. The number of hydrogen-bond donors (Lipinski definition) is 1. The van der Waals surface area contributed by atoms with Gasteiger partial charge in [-0.15, -0.1) is 0 Å². The number of amides is 1. The highest BCUT2D eigenvalue weighted by atomic mass is 16.1. The molecule has 16 heavy (non-hydrogen) atoms. The van der Waals surface area contributed by atoms with E-state index in [0.29, 0.717) is 5.56 Å². The minimum atomic E-state index is -0.400. The molecule has 0 aliphatic heterocycles. The van der Waals surface area contributed by atoms with Crippen LogP contribution in [0.25, 0.3) is 11.1 Å². The van der Waals surface area contributed by atoms with Gasteiger partial charge in [0.25, 0.3) is 0 Å². The number of nitrogens with two attached hydrogens (primary N) is 1. The molecular weight excluding hydrogens is 200 g/mol. The summed E-state index contributed by atoms with van der Waals surface area (Å²) >= 11 is 0. The van der Waals surface area contributed by atoms with Crippen molar-refractivity contribution in [2.45, 2.75) is 6.92 Å². The number of carbonyl (C=O) groups is 1. The lowest BCUT2D eigenvalue weighted by atomic mass is 10.0. The van der Waals surface area contributed by atoms with E-state index >= 15 is 0 Å². The fourth-order valence-corrected chi connectivity index (χ4v) is 1.60. The molecule has 0 radical (unpaired) electrons. The molecule has 3 heteroatoms. The molecule has 0 spiro atoms. The Morgan fingerprint density at radius 1 is 1.25 bits per heavy atom. The van der Waals surface area contributed by atoms with Crippen molar-refractivity contribution >= 4 is 5.91 Å². The lowest BCUT2D eigenvalue weighted by Crippen LogP contribution is -2.12.